The van der Waals surface area contributed by atoms with Gasteiger partial charge in [-0.3, -0.25) is 4.98 Å². The first-order valence-corrected chi connectivity index (χ1v) is 7.04. The van der Waals surface area contributed by atoms with Gasteiger partial charge in [-0.2, -0.15) is 9.61 Å². The van der Waals surface area contributed by atoms with Gasteiger partial charge in [0.15, 0.2) is 5.65 Å². The molecule has 0 amide bonds. The van der Waals surface area contributed by atoms with Crippen LogP contribution >= 0.6 is 11.8 Å². The normalized spacial score (nSPS) is 12.4. The molecule has 106 valence electrons. The van der Waals surface area contributed by atoms with Crippen molar-refractivity contribution in [1.82, 2.24) is 24.8 Å². The number of carboxylic acid groups (broad SMARTS) is 1. The van der Waals surface area contributed by atoms with Gasteiger partial charge < -0.3 is 9.90 Å². The van der Waals surface area contributed by atoms with E-state index in [-0.39, 0.29) is 0 Å². The Kier molecular flexibility index (Phi) is 3.53. The lowest BCUT2D eigenvalue weighted by molar-refractivity contribution is -0.304. The summed E-state index contributed by atoms with van der Waals surface area (Å²) < 4.78 is 1.55. The molecule has 0 aliphatic heterocycles. The standard InChI is InChI=1S/C13H11N5O2S/c1-8(13(19)20)21-11-6-5-10-15-16-12(18(10)17-11)9-4-2-3-7-14-9/h2-8H,1H3,(H,19,20)/p-1/t8-/m1/s1. The summed E-state index contributed by atoms with van der Waals surface area (Å²) in [5.74, 6) is -0.621. The third kappa shape index (κ3) is 2.70. The number of aliphatic carboxylic acids is 1. The topological polar surface area (TPSA) is 96.1 Å². The number of rotatable bonds is 4. The van der Waals surface area contributed by atoms with Crippen LogP contribution in [0.4, 0.5) is 0 Å². The summed E-state index contributed by atoms with van der Waals surface area (Å²) in [6, 6.07) is 8.90. The summed E-state index contributed by atoms with van der Waals surface area (Å²) in [4.78, 5) is 15.0. The number of carboxylic acids is 1. The van der Waals surface area contributed by atoms with Crippen molar-refractivity contribution in [2.75, 3.05) is 0 Å². The first-order chi connectivity index (χ1) is 10.1. The minimum Gasteiger partial charge on any atom is -0.549 e. The molecule has 0 N–H and O–H groups in total. The second-order valence-corrected chi connectivity index (χ2v) is 5.62. The van der Waals surface area contributed by atoms with Crippen LogP contribution in [0, 0.1) is 0 Å². The van der Waals surface area contributed by atoms with Crippen LogP contribution in [-0.2, 0) is 4.79 Å². The molecule has 3 aromatic rings. The van der Waals surface area contributed by atoms with Gasteiger partial charge in [0.05, 0.1) is 5.97 Å². The molecule has 0 aliphatic carbocycles. The monoisotopic (exact) mass is 300 g/mol. The van der Waals surface area contributed by atoms with Crippen molar-refractivity contribution in [3.8, 4) is 11.5 Å². The molecule has 0 unspecified atom stereocenters. The second kappa shape index (κ2) is 5.49. The summed E-state index contributed by atoms with van der Waals surface area (Å²) in [7, 11) is 0. The van der Waals surface area contributed by atoms with Crippen molar-refractivity contribution in [2.45, 2.75) is 17.2 Å². The van der Waals surface area contributed by atoms with Crippen LogP contribution in [-0.4, -0.2) is 36.0 Å². The molecule has 0 saturated heterocycles. The highest BCUT2D eigenvalue weighted by Gasteiger charge is 2.12. The van der Waals surface area contributed by atoms with Crippen LogP contribution in [0.15, 0.2) is 41.6 Å². The molecule has 3 heterocycles. The molecule has 1 atom stereocenters. The van der Waals surface area contributed by atoms with Gasteiger partial charge in [0.1, 0.15) is 10.7 Å². The average Bonchev–Trinajstić information content (AvgIpc) is 2.91. The van der Waals surface area contributed by atoms with E-state index in [4.69, 9.17) is 0 Å². The van der Waals surface area contributed by atoms with Crippen LogP contribution in [0.5, 0.6) is 0 Å². The van der Waals surface area contributed by atoms with Crippen LogP contribution in [0.3, 0.4) is 0 Å². The van der Waals surface area contributed by atoms with E-state index in [9.17, 15) is 9.90 Å². The molecule has 0 spiro atoms. The number of aromatic nitrogens is 5. The largest absolute Gasteiger partial charge is 0.549 e. The van der Waals surface area contributed by atoms with Crippen molar-refractivity contribution >= 4 is 23.4 Å². The number of pyridine rings is 1. The molecule has 3 rings (SSSR count). The smallest absolute Gasteiger partial charge is 0.203 e. The SMILES string of the molecule is C[C@@H](Sc1ccc2nnc(-c3ccccn3)n2n1)C(=O)[O-]. The maximum atomic E-state index is 10.8. The fraction of sp³-hybridized carbons (Fsp3) is 0.154. The first kappa shape index (κ1) is 13.5. The first-order valence-electron chi connectivity index (χ1n) is 6.16. The minimum absolute atomic E-state index is 0.508. The van der Waals surface area contributed by atoms with E-state index in [2.05, 4.69) is 20.3 Å². The minimum atomic E-state index is -1.13. The van der Waals surface area contributed by atoms with Crippen LogP contribution < -0.4 is 5.11 Å². The highest BCUT2D eigenvalue weighted by Crippen LogP contribution is 2.22. The number of hydrogen-bond acceptors (Lipinski definition) is 7. The Balaban J connectivity index is 2.02. The van der Waals surface area contributed by atoms with Gasteiger partial charge in [-0.1, -0.05) is 17.8 Å². The highest BCUT2D eigenvalue weighted by molar-refractivity contribution is 8.00. The molecule has 21 heavy (non-hydrogen) atoms. The maximum Gasteiger partial charge on any atom is 0.203 e. The molecule has 8 heteroatoms. The van der Waals surface area contributed by atoms with E-state index < -0.39 is 11.2 Å². The van der Waals surface area contributed by atoms with Gasteiger partial charge in [-0.05, 0) is 31.2 Å². The zero-order valence-corrected chi connectivity index (χ0v) is 11.8. The van der Waals surface area contributed by atoms with Gasteiger partial charge >= 0.3 is 0 Å². The van der Waals surface area contributed by atoms with Crippen molar-refractivity contribution in [3.63, 3.8) is 0 Å². The third-order valence-corrected chi connectivity index (χ3v) is 3.77. The number of hydrogen-bond donors (Lipinski definition) is 0. The molecule has 0 aromatic carbocycles. The van der Waals surface area contributed by atoms with Crippen LogP contribution in [0.1, 0.15) is 6.92 Å². The van der Waals surface area contributed by atoms with Gasteiger partial charge in [0, 0.05) is 11.4 Å². The molecular formula is C13H10N5O2S-. The Morgan fingerprint density at radius 2 is 2.14 bits per heavy atom. The Morgan fingerprint density at radius 1 is 1.29 bits per heavy atom. The lowest BCUT2D eigenvalue weighted by Crippen LogP contribution is -2.31. The van der Waals surface area contributed by atoms with Crippen molar-refractivity contribution in [3.05, 3.63) is 36.5 Å². The number of thioether (sulfide) groups is 1. The number of fused-ring (bicyclic) bond motifs is 1. The number of carbonyl (C=O) groups excluding carboxylic acids is 1. The quantitative estimate of drug-likeness (QED) is 0.644. The molecule has 0 radical (unpaired) electrons. The molecule has 0 bridgehead atoms. The van der Waals surface area contributed by atoms with E-state index in [0.717, 1.165) is 11.8 Å². The Morgan fingerprint density at radius 3 is 2.86 bits per heavy atom. The zero-order valence-electron chi connectivity index (χ0n) is 11.0. The van der Waals surface area contributed by atoms with E-state index in [1.807, 2.05) is 18.2 Å². The molecule has 3 aromatic heterocycles. The third-order valence-electron chi connectivity index (χ3n) is 2.76. The van der Waals surface area contributed by atoms with E-state index >= 15 is 0 Å². The molecule has 7 nitrogen and oxygen atoms in total. The van der Waals surface area contributed by atoms with Gasteiger partial charge in [0.2, 0.25) is 5.82 Å². The van der Waals surface area contributed by atoms with Crippen molar-refractivity contribution in [1.29, 1.82) is 0 Å². The Hall–Kier alpha value is -2.48. The lowest BCUT2D eigenvalue weighted by Gasteiger charge is -2.10. The van der Waals surface area contributed by atoms with Crippen molar-refractivity contribution in [2.24, 2.45) is 0 Å². The van der Waals surface area contributed by atoms with E-state index in [0.29, 0.717) is 22.2 Å². The predicted octanol–water partition coefficient (Wildman–Crippen LogP) is 0.417. The fourth-order valence-electron chi connectivity index (χ4n) is 1.72. The zero-order chi connectivity index (χ0) is 14.8. The maximum absolute atomic E-state index is 10.8. The summed E-state index contributed by atoms with van der Waals surface area (Å²) in [5.41, 5.74) is 1.22. The number of carbonyl (C=O) groups is 1. The average molecular weight is 300 g/mol. The second-order valence-electron chi connectivity index (χ2n) is 4.26. The van der Waals surface area contributed by atoms with Crippen LogP contribution in [0.25, 0.3) is 17.2 Å². The van der Waals surface area contributed by atoms with Gasteiger partial charge in [-0.25, -0.2) is 0 Å². The van der Waals surface area contributed by atoms with Gasteiger partial charge in [0.25, 0.3) is 0 Å². The highest BCUT2D eigenvalue weighted by atomic mass is 32.2. The fourth-order valence-corrected chi connectivity index (χ4v) is 2.45. The lowest BCUT2D eigenvalue weighted by atomic mass is 10.3. The molecule has 0 fully saturated rings. The molecule has 0 saturated carbocycles. The number of nitrogens with zero attached hydrogens (tertiary/aromatic N) is 5. The Bertz CT molecular complexity index is 790. The molecular weight excluding hydrogens is 290 g/mol. The van der Waals surface area contributed by atoms with Crippen LogP contribution in [0.2, 0.25) is 0 Å². The van der Waals surface area contributed by atoms with E-state index in [1.165, 1.54) is 0 Å². The van der Waals surface area contributed by atoms with Gasteiger partial charge in [-0.15, -0.1) is 10.2 Å². The van der Waals surface area contributed by atoms with Crippen molar-refractivity contribution < 1.29 is 9.90 Å². The Labute approximate surface area is 124 Å². The summed E-state index contributed by atoms with van der Waals surface area (Å²) >= 11 is 1.10. The summed E-state index contributed by atoms with van der Waals surface area (Å²) in [5, 5.41) is 23.1. The predicted molar refractivity (Wildman–Crippen MR) is 74.3 cm³/mol. The summed E-state index contributed by atoms with van der Waals surface area (Å²) in [6.07, 6.45) is 1.66. The summed E-state index contributed by atoms with van der Waals surface area (Å²) in [6.45, 7) is 1.55. The molecule has 0 aliphatic rings. The van der Waals surface area contributed by atoms with E-state index in [1.54, 1.807) is 29.8 Å².